The maximum absolute atomic E-state index is 13.8. The van der Waals surface area contributed by atoms with Crippen molar-refractivity contribution >= 4 is 69.5 Å². The van der Waals surface area contributed by atoms with Crippen molar-refractivity contribution in [2.24, 2.45) is 0 Å². The second-order valence-electron chi connectivity index (χ2n) is 14.1. The third kappa shape index (κ3) is 8.78. The van der Waals surface area contributed by atoms with E-state index in [0.717, 1.165) is 12.5 Å². The predicted molar refractivity (Wildman–Crippen MR) is 186 cm³/mol. The first-order chi connectivity index (χ1) is 23.9. The lowest BCUT2D eigenvalue weighted by atomic mass is 10.0. The average molecular weight is 704 g/mol. The lowest BCUT2D eigenvalue weighted by molar-refractivity contribution is -0.167. The summed E-state index contributed by atoms with van der Waals surface area (Å²) >= 11 is 0. The van der Waals surface area contributed by atoms with Crippen LogP contribution in [0.2, 0.25) is 0 Å². The molecule has 2 aromatic carbocycles. The summed E-state index contributed by atoms with van der Waals surface area (Å²) in [5, 5.41) is 6.32. The molecule has 0 bridgehead atoms. The van der Waals surface area contributed by atoms with Gasteiger partial charge in [0.05, 0.1) is 6.61 Å². The van der Waals surface area contributed by atoms with Gasteiger partial charge in [-0.05, 0) is 95.3 Å². The molecular formula is C36H41N5O10. The lowest BCUT2D eigenvalue weighted by Crippen LogP contribution is -2.56. The van der Waals surface area contributed by atoms with E-state index in [1.165, 1.54) is 23.2 Å². The Morgan fingerprint density at radius 3 is 2.29 bits per heavy atom. The van der Waals surface area contributed by atoms with Crippen molar-refractivity contribution in [1.29, 1.82) is 0 Å². The Balaban J connectivity index is 1.41. The molecule has 1 fully saturated rings. The van der Waals surface area contributed by atoms with Crippen LogP contribution in [0.5, 0.6) is 0 Å². The van der Waals surface area contributed by atoms with Gasteiger partial charge in [0.2, 0.25) is 12.0 Å². The molecule has 0 radical (unpaired) electrons. The fourth-order valence-electron chi connectivity index (χ4n) is 5.53. The fraction of sp³-hybridized carbons (Fsp3) is 0.417. The Hall–Kier alpha value is -5.57. The zero-order valence-electron chi connectivity index (χ0n) is 29.5. The van der Waals surface area contributed by atoms with Gasteiger partial charge in [-0.25, -0.2) is 14.6 Å². The standard InChI is InChI=1S/C36H41N5O10/c1-20(42)49-28(29-32(45)40(16-17-48-29)24-11-8-21-9-13-27(43)39-26(21)19-24)31(44)38-23-10-12-25-22(18-23)14-15-37-30(25)41(33(46)50-35(2,3)4)34(47)51-36(5,6)7/h8,10-12,14-15,18-19,28-29H,9,13,16-17H2,1-7H3,(H,38,44)(H,39,43)/t28-,29-/m1/s1. The highest BCUT2D eigenvalue weighted by Crippen LogP contribution is 2.32. The first-order valence-corrected chi connectivity index (χ1v) is 16.4. The summed E-state index contributed by atoms with van der Waals surface area (Å²) in [4.78, 5) is 84.5. The van der Waals surface area contributed by atoms with Crippen molar-refractivity contribution in [2.75, 3.05) is 33.6 Å². The van der Waals surface area contributed by atoms with Crippen LogP contribution in [-0.2, 0) is 44.5 Å². The monoisotopic (exact) mass is 703 g/mol. The Morgan fingerprint density at radius 1 is 0.961 bits per heavy atom. The van der Waals surface area contributed by atoms with Crippen molar-refractivity contribution in [3.05, 3.63) is 54.2 Å². The Labute approximate surface area is 294 Å². The second kappa shape index (κ2) is 14.3. The number of morpholine rings is 1. The maximum Gasteiger partial charge on any atom is 0.425 e. The number of carbonyl (C=O) groups excluding carboxylic acids is 6. The number of aryl methyl sites for hydroxylation is 1. The maximum atomic E-state index is 13.8. The smallest absolute Gasteiger partial charge is 0.425 e. The molecule has 2 atom stereocenters. The topological polar surface area (TPSA) is 183 Å². The molecule has 5 rings (SSSR count). The second-order valence-corrected chi connectivity index (χ2v) is 14.1. The number of anilines is 4. The Kier molecular flexibility index (Phi) is 10.3. The van der Waals surface area contributed by atoms with E-state index >= 15 is 0 Å². The van der Waals surface area contributed by atoms with Gasteiger partial charge in [0.1, 0.15) is 11.2 Å². The molecule has 0 unspecified atom stereocenters. The molecule has 2 N–H and O–H groups in total. The number of rotatable bonds is 6. The number of hydrogen-bond acceptors (Lipinski definition) is 11. The van der Waals surface area contributed by atoms with Crippen LogP contribution in [0.4, 0.5) is 32.5 Å². The van der Waals surface area contributed by atoms with Gasteiger partial charge in [-0.3, -0.25) is 19.2 Å². The van der Waals surface area contributed by atoms with E-state index in [4.69, 9.17) is 18.9 Å². The molecule has 1 aromatic heterocycles. The van der Waals surface area contributed by atoms with Crippen molar-refractivity contribution in [3.8, 4) is 0 Å². The number of pyridine rings is 1. The number of imide groups is 1. The summed E-state index contributed by atoms with van der Waals surface area (Å²) in [7, 11) is 0. The summed E-state index contributed by atoms with van der Waals surface area (Å²) in [5.74, 6) is -2.43. The number of fused-ring (bicyclic) bond motifs is 2. The molecule has 51 heavy (non-hydrogen) atoms. The molecule has 3 aromatic rings. The first kappa shape index (κ1) is 36.7. The number of ether oxygens (including phenoxy) is 4. The van der Waals surface area contributed by atoms with Crippen LogP contribution in [0.25, 0.3) is 10.8 Å². The number of hydrogen-bond donors (Lipinski definition) is 2. The minimum atomic E-state index is -1.66. The van der Waals surface area contributed by atoms with E-state index in [-0.39, 0.29) is 30.6 Å². The average Bonchev–Trinajstić information content (AvgIpc) is 3.02. The van der Waals surface area contributed by atoms with E-state index < -0.39 is 53.4 Å². The number of amides is 5. The molecule has 270 valence electrons. The Morgan fingerprint density at radius 2 is 1.65 bits per heavy atom. The fourth-order valence-corrected chi connectivity index (χ4v) is 5.53. The molecule has 3 heterocycles. The van der Waals surface area contributed by atoms with E-state index in [1.807, 2.05) is 6.07 Å². The van der Waals surface area contributed by atoms with Gasteiger partial charge in [-0.15, -0.1) is 0 Å². The van der Waals surface area contributed by atoms with Gasteiger partial charge in [0.15, 0.2) is 11.9 Å². The number of aromatic nitrogens is 1. The third-order valence-corrected chi connectivity index (χ3v) is 7.62. The van der Waals surface area contributed by atoms with Crippen LogP contribution >= 0.6 is 0 Å². The number of nitrogens with one attached hydrogen (secondary N) is 2. The van der Waals surface area contributed by atoms with E-state index in [2.05, 4.69) is 15.6 Å². The highest BCUT2D eigenvalue weighted by molar-refractivity contribution is 6.14. The summed E-state index contributed by atoms with van der Waals surface area (Å²) in [6, 6.07) is 11.5. The van der Waals surface area contributed by atoms with E-state index in [1.54, 1.807) is 65.8 Å². The summed E-state index contributed by atoms with van der Waals surface area (Å²) < 4.78 is 22.1. The van der Waals surface area contributed by atoms with Gasteiger partial charge in [-0.1, -0.05) is 6.07 Å². The van der Waals surface area contributed by atoms with E-state index in [0.29, 0.717) is 39.9 Å². The molecule has 2 aliphatic heterocycles. The normalized spacial score (nSPS) is 16.8. The summed E-state index contributed by atoms with van der Waals surface area (Å²) in [6.45, 7) is 11.3. The van der Waals surface area contributed by atoms with Crippen LogP contribution in [-0.4, -0.2) is 77.4 Å². The molecule has 0 spiro atoms. The van der Waals surface area contributed by atoms with Crippen LogP contribution in [0.15, 0.2) is 48.7 Å². The minimum Gasteiger partial charge on any atom is -0.449 e. The SMILES string of the molecule is CC(=O)O[C@@H](C(=O)Nc1ccc2c(N(C(=O)OC(C)(C)C)C(=O)OC(C)(C)C)nccc2c1)[C@H]1OCCN(c2ccc3c(c2)NC(=O)CC3)C1=O. The predicted octanol–water partition coefficient (Wildman–Crippen LogP) is 5.10. The van der Waals surface area contributed by atoms with Crippen LogP contribution in [0.3, 0.4) is 0 Å². The molecule has 15 nitrogen and oxygen atoms in total. The molecule has 2 aliphatic rings. The lowest BCUT2D eigenvalue weighted by Gasteiger charge is -2.35. The van der Waals surface area contributed by atoms with Gasteiger partial charge < -0.3 is 34.5 Å². The quantitative estimate of drug-likeness (QED) is 0.257. The summed E-state index contributed by atoms with van der Waals surface area (Å²) in [5.41, 5.74) is 0.403. The molecule has 0 saturated carbocycles. The van der Waals surface area contributed by atoms with Crippen molar-refractivity contribution in [1.82, 2.24) is 4.98 Å². The molecule has 15 heteroatoms. The van der Waals surface area contributed by atoms with Crippen LogP contribution < -0.4 is 20.4 Å². The van der Waals surface area contributed by atoms with Crippen molar-refractivity contribution < 1.29 is 47.7 Å². The zero-order valence-corrected chi connectivity index (χ0v) is 29.5. The zero-order chi connectivity index (χ0) is 37.2. The number of carbonyl (C=O) groups is 6. The van der Waals surface area contributed by atoms with E-state index in [9.17, 15) is 28.8 Å². The van der Waals surface area contributed by atoms with Gasteiger partial charge in [0.25, 0.3) is 11.8 Å². The third-order valence-electron chi connectivity index (χ3n) is 7.62. The number of esters is 1. The molecule has 5 amide bonds. The van der Waals surface area contributed by atoms with Gasteiger partial charge >= 0.3 is 18.2 Å². The Bertz CT molecular complexity index is 1870. The number of benzene rings is 2. The van der Waals surface area contributed by atoms with Crippen molar-refractivity contribution in [3.63, 3.8) is 0 Å². The van der Waals surface area contributed by atoms with Crippen molar-refractivity contribution in [2.45, 2.75) is 84.7 Å². The summed E-state index contributed by atoms with van der Waals surface area (Å²) in [6.07, 6.45) is -2.80. The van der Waals surface area contributed by atoms with Gasteiger partial charge in [0, 0.05) is 48.5 Å². The number of nitrogens with zero attached hydrogens (tertiary/aromatic N) is 3. The van der Waals surface area contributed by atoms with Crippen LogP contribution in [0.1, 0.15) is 60.5 Å². The molecule has 1 saturated heterocycles. The van der Waals surface area contributed by atoms with Gasteiger partial charge in [-0.2, -0.15) is 4.90 Å². The highest BCUT2D eigenvalue weighted by Gasteiger charge is 2.43. The molecular weight excluding hydrogens is 662 g/mol. The highest BCUT2D eigenvalue weighted by atomic mass is 16.6. The molecule has 0 aliphatic carbocycles. The minimum absolute atomic E-state index is 0.0441. The largest absolute Gasteiger partial charge is 0.449 e. The van der Waals surface area contributed by atoms with Crippen LogP contribution in [0, 0.1) is 0 Å². The first-order valence-electron chi connectivity index (χ1n) is 16.4.